The topological polar surface area (TPSA) is 92.2 Å². The van der Waals surface area contributed by atoms with Crippen LogP contribution in [0.5, 0.6) is 0 Å². The van der Waals surface area contributed by atoms with Crippen LogP contribution < -0.4 is 16.1 Å². The highest BCUT2D eigenvalue weighted by Gasteiger charge is 2.22. The number of nitrogens with one attached hydrogen (secondary N) is 3. The van der Waals surface area contributed by atoms with E-state index in [1.165, 1.54) is 4.68 Å². The van der Waals surface area contributed by atoms with Crippen molar-refractivity contribution in [1.82, 2.24) is 9.99 Å². The Labute approximate surface area is 197 Å². The summed E-state index contributed by atoms with van der Waals surface area (Å²) in [5, 5.41) is 6.72. The number of halogens is 3. The Morgan fingerprint density at radius 3 is 2.35 bits per heavy atom. The first kappa shape index (κ1) is 23.1. The van der Waals surface area contributed by atoms with E-state index in [1.54, 1.807) is 49.4 Å². The predicted octanol–water partition coefficient (Wildman–Crippen LogP) is 4.95. The van der Waals surface area contributed by atoms with Crippen molar-refractivity contribution in [1.29, 1.82) is 0 Å². The molecule has 3 rings (SSSR count). The number of fused-ring (bicyclic) bond motifs is 1. The maximum Gasteiger partial charge on any atom is 0.328 e. The molecule has 0 aliphatic heterocycles. The fraction of sp³-hybridized carbons (Fsp3) is 0.190. The molecule has 3 N–H and O–H groups in total. The Balaban J connectivity index is 1.95. The van der Waals surface area contributed by atoms with Gasteiger partial charge in [-0.25, -0.2) is 4.68 Å². The lowest BCUT2D eigenvalue weighted by Crippen LogP contribution is -2.43. The summed E-state index contributed by atoms with van der Waals surface area (Å²) < 4.78 is 2.08. The number of amides is 3. The zero-order valence-electron chi connectivity index (χ0n) is 16.6. The van der Waals surface area contributed by atoms with E-state index in [9.17, 15) is 14.4 Å². The summed E-state index contributed by atoms with van der Waals surface area (Å²) in [6.45, 7) is 3.69. The van der Waals surface area contributed by atoms with Gasteiger partial charge in [0.05, 0.1) is 5.52 Å². The van der Waals surface area contributed by atoms with Gasteiger partial charge < -0.3 is 10.6 Å². The molecule has 1 heterocycles. The number of carbonyl (C=O) groups excluding carboxylic acids is 3. The molecule has 1 atom stereocenters. The van der Waals surface area contributed by atoms with Crippen molar-refractivity contribution >= 4 is 73.4 Å². The third kappa shape index (κ3) is 5.58. The second kappa shape index (κ2) is 9.72. The van der Waals surface area contributed by atoms with Crippen molar-refractivity contribution in [3.63, 3.8) is 0 Å². The van der Waals surface area contributed by atoms with Gasteiger partial charge in [0.1, 0.15) is 5.69 Å². The van der Waals surface area contributed by atoms with Crippen molar-refractivity contribution in [2.75, 3.05) is 10.7 Å². The molecule has 0 unspecified atom stereocenters. The molecule has 0 saturated heterocycles. The number of anilines is 1. The smallest absolute Gasteiger partial charge is 0.328 e. The molecule has 0 saturated carbocycles. The van der Waals surface area contributed by atoms with Crippen LogP contribution in [-0.2, 0) is 9.59 Å². The standard InChI is InChI=1S/C21H19BrCl2N4O3/c1-3-11(2)25-20(30)21(31)27-28-17-5-4-13(22)6-12(17)7-18(28)19(29)26-16-9-14(23)8-15(24)10-16/h4-11H,3H2,1-2H3,(H,25,30)(H,26,29)(H,27,31)/t11-/m0/s1. The van der Waals surface area contributed by atoms with Crippen molar-refractivity contribution in [3.8, 4) is 0 Å². The Bertz CT molecular complexity index is 1160. The normalized spacial score (nSPS) is 11.8. The molecule has 0 fully saturated rings. The van der Waals surface area contributed by atoms with Crippen LogP contribution >= 0.6 is 39.1 Å². The van der Waals surface area contributed by atoms with Gasteiger partial charge in [0, 0.05) is 31.6 Å². The summed E-state index contributed by atoms with van der Waals surface area (Å²) in [5.41, 5.74) is 3.56. The summed E-state index contributed by atoms with van der Waals surface area (Å²) in [6.07, 6.45) is 0.676. The molecule has 162 valence electrons. The van der Waals surface area contributed by atoms with E-state index in [0.29, 0.717) is 33.1 Å². The first-order valence-corrected chi connectivity index (χ1v) is 10.9. The molecule has 0 spiro atoms. The summed E-state index contributed by atoms with van der Waals surface area (Å²) in [5.74, 6) is -2.20. The first-order chi connectivity index (χ1) is 14.7. The van der Waals surface area contributed by atoms with Crippen LogP contribution in [0.1, 0.15) is 30.8 Å². The number of benzene rings is 2. The molecule has 3 amide bonds. The van der Waals surface area contributed by atoms with Crippen molar-refractivity contribution < 1.29 is 14.4 Å². The number of hydrogen-bond donors (Lipinski definition) is 3. The molecule has 0 radical (unpaired) electrons. The van der Waals surface area contributed by atoms with Gasteiger partial charge in [-0.05, 0) is 55.8 Å². The molecule has 0 aliphatic carbocycles. The maximum atomic E-state index is 13.0. The second-order valence-corrected chi connectivity index (χ2v) is 8.69. The molecule has 1 aromatic heterocycles. The highest BCUT2D eigenvalue weighted by atomic mass is 79.9. The highest BCUT2D eigenvalue weighted by Crippen LogP contribution is 2.26. The third-order valence-electron chi connectivity index (χ3n) is 4.53. The summed E-state index contributed by atoms with van der Waals surface area (Å²) in [4.78, 5) is 37.7. The molecular formula is C21H19BrCl2N4O3. The van der Waals surface area contributed by atoms with Crippen LogP contribution in [0, 0.1) is 0 Å². The lowest BCUT2D eigenvalue weighted by Gasteiger charge is -2.14. The minimum atomic E-state index is -0.888. The lowest BCUT2D eigenvalue weighted by atomic mass is 10.2. The molecule has 0 aliphatic rings. The second-order valence-electron chi connectivity index (χ2n) is 6.90. The first-order valence-electron chi connectivity index (χ1n) is 9.38. The quantitative estimate of drug-likeness (QED) is 0.411. The predicted molar refractivity (Wildman–Crippen MR) is 126 cm³/mol. The molecule has 0 bridgehead atoms. The number of hydrogen-bond acceptors (Lipinski definition) is 3. The van der Waals surface area contributed by atoms with E-state index in [-0.39, 0.29) is 11.7 Å². The highest BCUT2D eigenvalue weighted by molar-refractivity contribution is 9.10. The number of nitrogens with zero attached hydrogens (tertiary/aromatic N) is 1. The molecule has 10 heteroatoms. The van der Waals surface area contributed by atoms with Crippen molar-refractivity contribution in [3.05, 3.63) is 62.7 Å². The van der Waals surface area contributed by atoms with Gasteiger partial charge in [-0.2, -0.15) is 0 Å². The lowest BCUT2D eigenvalue weighted by molar-refractivity contribution is -0.137. The maximum absolute atomic E-state index is 13.0. The van der Waals surface area contributed by atoms with Crippen LogP contribution in [0.3, 0.4) is 0 Å². The van der Waals surface area contributed by atoms with Gasteiger partial charge in [-0.15, -0.1) is 0 Å². The van der Waals surface area contributed by atoms with E-state index in [0.717, 1.165) is 4.47 Å². The summed E-state index contributed by atoms with van der Waals surface area (Å²) >= 11 is 15.4. The number of aromatic nitrogens is 1. The molecule has 2 aromatic carbocycles. The van der Waals surface area contributed by atoms with Crippen molar-refractivity contribution in [2.45, 2.75) is 26.3 Å². The van der Waals surface area contributed by atoms with Gasteiger partial charge in [-0.1, -0.05) is 46.1 Å². The number of carbonyl (C=O) groups is 3. The van der Waals surface area contributed by atoms with Crippen LogP contribution in [0.25, 0.3) is 10.9 Å². The minimum Gasteiger partial charge on any atom is -0.345 e. The zero-order valence-corrected chi connectivity index (χ0v) is 19.7. The Hall–Kier alpha value is -2.55. The number of rotatable bonds is 5. The average Bonchev–Trinajstić information content (AvgIpc) is 3.04. The van der Waals surface area contributed by atoms with E-state index in [2.05, 4.69) is 32.0 Å². The van der Waals surface area contributed by atoms with Crippen LogP contribution in [0.15, 0.2) is 46.9 Å². The van der Waals surface area contributed by atoms with Gasteiger partial charge in [0.15, 0.2) is 0 Å². The fourth-order valence-electron chi connectivity index (χ4n) is 2.84. The third-order valence-corrected chi connectivity index (χ3v) is 5.46. The largest absolute Gasteiger partial charge is 0.345 e. The van der Waals surface area contributed by atoms with E-state index in [1.807, 2.05) is 6.92 Å². The average molecular weight is 526 g/mol. The Kier molecular flexibility index (Phi) is 7.25. The molecule has 7 nitrogen and oxygen atoms in total. The summed E-state index contributed by atoms with van der Waals surface area (Å²) in [6, 6.07) is 11.4. The van der Waals surface area contributed by atoms with Gasteiger partial charge in [0.2, 0.25) is 0 Å². The van der Waals surface area contributed by atoms with Crippen LogP contribution in [0.2, 0.25) is 10.0 Å². The SMILES string of the molecule is CC[C@H](C)NC(=O)C(=O)Nn1c(C(=O)Nc2cc(Cl)cc(Cl)c2)cc2cc(Br)ccc21. The zero-order chi connectivity index (χ0) is 22.7. The molecule has 31 heavy (non-hydrogen) atoms. The fourth-order valence-corrected chi connectivity index (χ4v) is 3.74. The monoisotopic (exact) mass is 524 g/mol. The van der Waals surface area contributed by atoms with E-state index in [4.69, 9.17) is 23.2 Å². The van der Waals surface area contributed by atoms with Gasteiger partial charge >= 0.3 is 11.8 Å². The minimum absolute atomic E-state index is 0.119. The molecule has 3 aromatic rings. The van der Waals surface area contributed by atoms with Gasteiger partial charge in [0.25, 0.3) is 5.91 Å². The van der Waals surface area contributed by atoms with Gasteiger partial charge in [-0.3, -0.25) is 19.8 Å². The van der Waals surface area contributed by atoms with E-state index >= 15 is 0 Å². The van der Waals surface area contributed by atoms with Crippen LogP contribution in [-0.4, -0.2) is 28.4 Å². The van der Waals surface area contributed by atoms with E-state index < -0.39 is 17.7 Å². The Morgan fingerprint density at radius 1 is 1.03 bits per heavy atom. The Morgan fingerprint density at radius 2 is 1.71 bits per heavy atom. The molecular weight excluding hydrogens is 507 g/mol. The summed E-state index contributed by atoms with van der Waals surface area (Å²) in [7, 11) is 0. The van der Waals surface area contributed by atoms with Crippen molar-refractivity contribution in [2.24, 2.45) is 0 Å². The van der Waals surface area contributed by atoms with Crippen LogP contribution in [0.4, 0.5) is 5.69 Å².